The minimum absolute atomic E-state index is 0.273. The van der Waals surface area contributed by atoms with Crippen molar-refractivity contribution in [1.29, 1.82) is 0 Å². The summed E-state index contributed by atoms with van der Waals surface area (Å²) in [6, 6.07) is 4.64. The standard InChI is InChI=1S/C13H20Si/c1-9-7-10(2)12(14-6)11(8-9)13(3,4)5/h7-8H,1-6H3. The number of benzene rings is 1. The van der Waals surface area contributed by atoms with Gasteiger partial charge in [0.05, 0.1) is 9.52 Å². The Morgan fingerprint density at radius 3 is 2.07 bits per heavy atom. The molecule has 1 aromatic carbocycles. The van der Waals surface area contributed by atoms with Gasteiger partial charge in [0.1, 0.15) is 0 Å². The Kier molecular flexibility index (Phi) is 3.20. The Labute approximate surface area is 90.6 Å². The quantitative estimate of drug-likeness (QED) is 0.617. The summed E-state index contributed by atoms with van der Waals surface area (Å²) in [5.74, 6) is 0. The van der Waals surface area contributed by atoms with E-state index in [2.05, 4.69) is 53.3 Å². The normalized spacial score (nSPS) is 11.9. The van der Waals surface area contributed by atoms with E-state index < -0.39 is 0 Å². The van der Waals surface area contributed by atoms with Gasteiger partial charge in [0, 0.05) is 0 Å². The molecule has 0 fully saturated rings. The van der Waals surface area contributed by atoms with Crippen molar-refractivity contribution in [1.82, 2.24) is 0 Å². The van der Waals surface area contributed by atoms with Gasteiger partial charge in [-0.25, -0.2) is 0 Å². The monoisotopic (exact) mass is 204 g/mol. The molecule has 0 saturated heterocycles. The number of rotatable bonds is 1. The van der Waals surface area contributed by atoms with E-state index in [4.69, 9.17) is 0 Å². The van der Waals surface area contributed by atoms with Gasteiger partial charge >= 0.3 is 0 Å². The molecule has 0 saturated carbocycles. The molecule has 0 N–H and O–H groups in total. The summed E-state index contributed by atoms with van der Waals surface area (Å²) in [4.78, 5) is 0. The van der Waals surface area contributed by atoms with Crippen molar-refractivity contribution in [3.8, 4) is 0 Å². The number of hydrogen-bond acceptors (Lipinski definition) is 0. The third-order valence-electron chi connectivity index (χ3n) is 2.54. The van der Waals surface area contributed by atoms with E-state index in [0.29, 0.717) is 0 Å². The second kappa shape index (κ2) is 3.89. The first-order valence-corrected chi connectivity index (χ1v) is 6.65. The van der Waals surface area contributed by atoms with Crippen molar-refractivity contribution in [2.75, 3.05) is 0 Å². The maximum atomic E-state index is 2.35. The molecule has 76 valence electrons. The van der Waals surface area contributed by atoms with Crippen LogP contribution >= 0.6 is 0 Å². The molecule has 1 heteroatoms. The van der Waals surface area contributed by atoms with Crippen LogP contribution in [0.4, 0.5) is 0 Å². The van der Waals surface area contributed by atoms with E-state index in [1.165, 1.54) is 16.7 Å². The van der Waals surface area contributed by atoms with Crippen molar-refractivity contribution < 1.29 is 0 Å². The predicted molar refractivity (Wildman–Crippen MR) is 65.9 cm³/mol. The summed E-state index contributed by atoms with van der Waals surface area (Å²) in [6.07, 6.45) is 0. The molecular formula is C13H20Si. The summed E-state index contributed by atoms with van der Waals surface area (Å²) in [6.45, 7) is 13.6. The van der Waals surface area contributed by atoms with Crippen LogP contribution in [-0.2, 0) is 5.41 Å². The Balaban J connectivity index is 3.40. The van der Waals surface area contributed by atoms with Crippen LogP contribution in [0.25, 0.3) is 0 Å². The Morgan fingerprint density at radius 2 is 1.64 bits per heavy atom. The van der Waals surface area contributed by atoms with Gasteiger partial charge < -0.3 is 0 Å². The zero-order chi connectivity index (χ0) is 10.9. The SMILES string of the molecule is C[Si]c1c(C)cc(C)cc1C(C)(C)C. The van der Waals surface area contributed by atoms with Crippen molar-refractivity contribution in [2.24, 2.45) is 0 Å². The van der Waals surface area contributed by atoms with Crippen LogP contribution in [0.1, 0.15) is 37.5 Å². The van der Waals surface area contributed by atoms with Crippen LogP contribution < -0.4 is 5.19 Å². The minimum atomic E-state index is 0.273. The zero-order valence-electron chi connectivity index (χ0n) is 10.2. The molecule has 0 spiro atoms. The molecule has 2 radical (unpaired) electrons. The lowest BCUT2D eigenvalue weighted by Crippen LogP contribution is -2.28. The van der Waals surface area contributed by atoms with Crippen LogP contribution in [0.3, 0.4) is 0 Å². The third-order valence-corrected chi connectivity index (χ3v) is 3.70. The molecule has 0 unspecified atom stereocenters. The van der Waals surface area contributed by atoms with Gasteiger partial charge in [-0.15, -0.1) is 0 Å². The second-order valence-corrected chi connectivity index (χ2v) is 6.00. The smallest absolute Gasteiger partial charge is 0.0688 e. The van der Waals surface area contributed by atoms with E-state index in [-0.39, 0.29) is 5.41 Å². The lowest BCUT2D eigenvalue weighted by atomic mass is 9.85. The summed E-state index contributed by atoms with van der Waals surface area (Å²) in [5.41, 5.74) is 4.63. The second-order valence-electron chi connectivity index (χ2n) is 5.00. The summed E-state index contributed by atoms with van der Waals surface area (Å²) in [5, 5.41) is 1.56. The first kappa shape index (κ1) is 11.5. The maximum Gasteiger partial charge on any atom is 0.0781 e. The molecule has 0 aliphatic carbocycles. The highest BCUT2D eigenvalue weighted by Crippen LogP contribution is 2.22. The highest BCUT2D eigenvalue weighted by Gasteiger charge is 2.18. The Morgan fingerprint density at radius 1 is 1.07 bits per heavy atom. The van der Waals surface area contributed by atoms with Crippen molar-refractivity contribution in [3.05, 3.63) is 28.8 Å². The first-order chi connectivity index (χ1) is 6.36. The van der Waals surface area contributed by atoms with Crippen LogP contribution in [0.15, 0.2) is 12.1 Å². The fraction of sp³-hybridized carbons (Fsp3) is 0.538. The van der Waals surface area contributed by atoms with Gasteiger partial charge in [-0.1, -0.05) is 55.8 Å². The topological polar surface area (TPSA) is 0 Å². The van der Waals surface area contributed by atoms with Crippen LogP contribution in [0, 0.1) is 13.8 Å². The number of aryl methyl sites for hydroxylation is 2. The van der Waals surface area contributed by atoms with Crippen molar-refractivity contribution in [2.45, 2.75) is 46.6 Å². The van der Waals surface area contributed by atoms with Crippen LogP contribution in [0.2, 0.25) is 6.55 Å². The highest BCUT2D eigenvalue weighted by molar-refractivity contribution is 6.53. The Hall–Kier alpha value is -0.563. The van der Waals surface area contributed by atoms with E-state index in [0.717, 1.165) is 9.52 Å². The van der Waals surface area contributed by atoms with Gasteiger partial charge in [-0.2, -0.15) is 0 Å². The molecule has 0 heterocycles. The molecule has 1 rings (SSSR count). The largest absolute Gasteiger partial charge is 0.0781 e. The lowest BCUT2D eigenvalue weighted by molar-refractivity contribution is 0.593. The predicted octanol–water partition coefficient (Wildman–Crippen LogP) is 2.98. The fourth-order valence-corrected chi connectivity index (χ4v) is 3.07. The van der Waals surface area contributed by atoms with Gasteiger partial charge in [0.15, 0.2) is 0 Å². The van der Waals surface area contributed by atoms with E-state index >= 15 is 0 Å². The molecule has 0 amide bonds. The van der Waals surface area contributed by atoms with Crippen molar-refractivity contribution >= 4 is 14.7 Å². The van der Waals surface area contributed by atoms with E-state index in [1.807, 2.05) is 0 Å². The molecule has 0 aliphatic rings. The van der Waals surface area contributed by atoms with Gasteiger partial charge in [0.25, 0.3) is 0 Å². The summed E-state index contributed by atoms with van der Waals surface area (Å²) >= 11 is 0. The zero-order valence-corrected chi connectivity index (χ0v) is 11.2. The molecular weight excluding hydrogens is 184 g/mol. The number of hydrogen-bond donors (Lipinski definition) is 0. The average molecular weight is 204 g/mol. The van der Waals surface area contributed by atoms with E-state index in [9.17, 15) is 0 Å². The van der Waals surface area contributed by atoms with Gasteiger partial charge in [-0.05, 0) is 24.8 Å². The fourth-order valence-electron chi connectivity index (χ4n) is 1.89. The molecule has 0 aromatic heterocycles. The third kappa shape index (κ3) is 2.27. The molecule has 0 bridgehead atoms. The van der Waals surface area contributed by atoms with Crippen LogP contribution in [0.5, 0.6) is 0 Å². The van der Waals surface area contributed by atoms with Crippen molar-refractivity contribution in [3.63, 3.8) is 0 Å². The maximum absolute atomic E-state index is 2.35. The first-order valence-electron chi connectivity index (χ1n) is 5.15. The molecule has 0 atom stereocenters. The van der Waals surface area contributed by atoms with Gasteiger partial charge in [0.2, 0.25) is 0 Å². The van der Waals surface area contributed by atoms with Gasteiger partial charge in [-0.3, -0.25) is 0 Å². The van der Waals surface area contributed by atoms with Crippen LogP contribution in [-0.4, -0.2) is 9.52 Å². The minimum Gasteiger partial charge on any atom is -0.0688 e. The van der Waals surface area contributed by atoms with E-state index in [1.54, 1.807) is 5.19 Å². The lowest BCUT2D eigenvalue weighted by Gasteiger charge is -2.24. The molecule has 1 aromatic rings. The Bertz CT molecular complexity index is 332. The summed E-state index contributed by atoms with van der Waals surface area (Å²) < 4.78 is 0. The highest BCUT2D eigenvalue weighted by atomic mass is 28.2. The molecule has 14 heavy (non-hydrogen) atoms. The molecule has 0 aliphatic heterocycles. The molecule has 0 nitrogen and oxygen atoms in total. The average Bonchev–Trinajstić information content (AvgIpc) is 2.01. The summed E-state index contributed by atoms with van der Waals surface area (Å²) in [7, 11) is 0.898.